The van der Waals surface area contributed by atoms with E-state index in [4.69, 9.17) is 0 Å². The van der Waals surface area contributed by atoms with E-state index < -0.39 is 16.8 Å². The number of benzene rings is 1. The fraction of sp³-hybridized carbons (Fsp3) is 0.429. The van der Waals surface area contributed by atoms with Crippen LogP contribution in [0.3, 0.4) is 0 Å². The highest BCUT2D eigenvalue weighted by molar-refractivity contribution is 5.98. The van der Waals surface area contributed by atoms with Gasteiger partial charge in [-0.25, -0.2) is 0 Å². The van der Waals surface area contributed by atoms with Crippen LogP contribution in [0.25, 0.3) is 0 Å². The molecule has 21 heavy (non-hydrogen) atoms. The fourth-order valence-corrected chi connectivity index (χ4v) is 1.90. The predicted molar refractivity (Wildman–Crippen MR) is 76.0 cm³/mol. The molecule has 1 rings (SSSR count). The summed E-state index contributed by atoms with van der Waals surface area (Å²) >= 11 is 0. The number of rotatable bonds is 5. The molecular formula is C14H18N2O5. The normalized spacial score (nSPS) is 10.3. The van der Waals surface area contributed by atoms with E-state index >= 15 is 0 Å². The van der Waals surface area contributed by atoms with Crippen molar-refractivity contribution in [2.24, 2.45) is 0 Å². The Morgan fingerprint density at radius 3 is 2.48 bits per heavy atom. The third-order valence-corrected chi connectivity index (χ3v) is 3.14. The van der Waals surface area contributed by atoms with Crippen LogP contribution in [-0.2, 0) is 9.53 Å². The highest BCUT2D eigenvalue weighted by Gasteiger charge is 2.25. The second-order valence-electron chi connectivity index (χ2n) is 4.81. The molecule has 0 N–H and O–H groups in total. The smallest absolute Gasteiger partial charge is 0.325 e. The number of ether oxygens (including phenoxy) is 1. The summed E-state index contributed by atoms with van der Waals surface area (Å²) in [6, 6.07) is 4.06. The van der Waals surface area contributed by atoms with Crippen molar-refractivity contribution in [3.05, 3.63) is 39.4 Å². The number of nitro groups is 1. The lowest BCUT2D eigenvalue weighted by atomic mass is 10.0. The Hall–Kier alpha value is -2.44. The van der Waals surface area contributed by atoms with Gasteiger partial charge in [0.1, 0.15) is 6.54 Å². The van der Waals surface area contributed by atoms with Crippen molar-refractivity contribution in [1.82, 2.24) is 4.90 Å². The summed E-state index contributed by atoms with van der Waals surface area (Å²) in [5, 5.41) is 10.9. The van der Waals surface area contributed by atoms with Crippen molar-refractivity contribution in [2.75, 3.05) is 13.7 Å². The van der Waals surface area contributed by atoms with Gasteiger partial charge in [0, 0.05) is 23.2 Å². The summed E-state index contributed by atoms with van der Waals surface area (Å²) in [5.41, 5.74) is 0.368. The second-order valence-corrected chi connectivity index (χ2v) is 4.81. The molecule has 1 aromatic rings. The van der Waals surface area contributed by atoms with Gasteiger partial charge in [-0.15, -0.1) is 0 Å². The monoisotopic (exact) mass is 294 g/mol. The highest BCUT2D eigenvalue weighted by atomic mass is 16.6. The van der Waals surface area contributed by atoms with E-state index in [1.807, 2.05) is 0 Å². The molecule has 0 aliphatic rings. The Balaban J connectivity index is 3.18. The number of nitrogens with zero attached hydrogens (tertiary/aromatic N) is 2. The lowest BCUT2D eigenvalue weighted by Gasteiger charge is -2.26. The van der Waals surface area contributed by atoms with Crippen molar-refractivity contribution in [1.29, 1.82) is 0 Å². The average Bonchev–Trinajstić information content (AvgIpc) is 2.43. The molecule has 0 radical (unpaired) electrons. The highest BCUT2D eigenvalue weighted by Crippen LogP contribution is 2.22. The summed E-state index contributed by atoms with van der Waals surface area (Å²) in [7, 11) is 1.24. The zero-order valence-electron chi connectivity index (χ0n) is 12.5. The van der Waals surface area contributed by atoms with Crippen LogP contribution < -0.4 is 0 Å². The molecule has 0 aliphatic carbocycles. The molecule has 0 fully saturated rings. The van der Waals surface area contributed by atoms with Crippen LogP contribution in [0.1, 0.15) is 29.8 Å². The Morgan fingerprint density at radius 2 is 2.00 bits per heavy atom. The summed E-state index contributed by atoms with van der Waals surface area (Å²) < 4.78 is 4.57. The predicted octanol–water partition coefficient (Wildman–Crippen LogP) is 1.93. The third kappa shape index (κ3) is 3.77. The van der Waals surface area contributed by atoms with Crippen molar-refractivity contribution < 1.29 is 19.2 Å². The molecule has 0 atom stereocenters. The van der Waals surface area contributed by atoms with E-state index in [-0.39, 0.29) is 29.4 Å². The van der Waals surface area contributed by atoms with Crippen LogP contribution in [0.15, 0.2) is 18.2 Å². The van der Waals surface area contributed by atoms with E-state index in [1.165, 1.54) is 37.1 Å². The molecule has 1 amide bonds. The standard InChI is InChI=1S/C14H18N2O5/c1-9(2)15(8-13(17)21-4)14(18)11-6-5-7-12(10(11)3)16(19)20/h5-7,9H,8H2,1-4H3. The SMILES string of the molecule is COC(=O)CN(C(=O)c1cccc([N+](=O)[O-])c1C)C(C)C. The number of hydrogen-bond acceptors (Lipinski definition) is 5. The molecular weight excluding hydrogens is 276 g/mol. The molecule has 0 bridgehead atoms. The number of esters is 1. The number of amides is 1. The Kier molecular flexibility index (Phi) is 5.40. The van der Waals surface area contributed by atoms with Gasteiger partial charge in [0.2, 0.25) is 0 Å². The summed E-state index contributed by atoms with van der Waals surface area (Å²) in [6.07, 6.45) is 0. The third-order valence-electron chi connectivity index (χ3n) is 3.14. The Morgan fingerprint density at radius 1 is 1.38 bits per heavy atom. The molecule has 0 unspecified atom stereocenters. The first-order valence-corrected chi connectivity index (χ1v) is 6.41. The van der Waals surface area contributed by atoms with Gasteiger partial charge in [0.05, 0.1) is 12.0 Å². The topological polar surface area (TPSA) is 89.8 Å². The molecule has 0 heterocycles. The zero-order chi connectivity index (χ0) is 16.2. The van der Waals surface area contributed by atoms with Gasteiger partial charge in [0.25, 0.3) is 11.6 Å². The van der Waals surface area contributed by atoms with Crippen LogP contribution in [0.2, 0.25) is 0 Å². The van der Waals surface area contributed by atoms with Crippen LogP contribution in [0, 0.1) is 17.0 Å². The van der Waals surface area contributed by atoms with E-state index in [0.29, 0.717) is 0 Å². The van der Waals surface area contributed by atoms with Crippen LogP contribution in [0.4, 0.5) is 5.69 Å². The zero-order valence-corrected chi connectivity index (χ0v) is 12.5. The molecule has 0 saturated carbocycles. The maximum Gasteiger partial charge on any atom is 0.325 e. The van der Waals surface area contributed by atoms with Crippen molar-refractivity contribution in [3.8, 4) is 0 Å². The van der Waals surface area contributed by atoms with Crippen LogP contribution in [-0.4, -0.2) is 41.4 Å². The minimum absolute atomic E-state index is 0.123. The van der Waals surface area contributed by atoms with Gasteiger partial charge in [-0.1, -0.05) is 6.07 Å². The van der Waals surface area contributed by atoms with Crippen molar-refractivity contribution in [2.45, 2.75) is 26.8 Å². The Labute approximate surface area is 122 Å². The van der Waals surface area contributed by atoms with Crippen LogP contribution >= 0.6 is 0 Å². The first kappa shape index (κ1) is 16.6. The first-order chi connectivity index (χ1) is 9.79. The number of methoxy groups -OCH3 is 1. The van der Waals surface area contributed by atoms with Gasteiger partial charge in [0.15, 0.2) is 0 Å². The lowest BCUT2D eigenvalue weighted by Crippen LogP contribution is -2.41. The summed E-state index contributed by atoms with van der Waals surface area (Å²) in [5.74, 6) is -0.975. The number of carbonyl (C=O) groups is 2. The fourth-order valence-electron chi connectivity index (χ4n) is 1.90. The Bertz CT molecular complexity index is 568. The largest absolute Gasteiger partial charge is 0.468 e. The molecule has 7 nitrogen and oxygen atoms in total. The molecule has 0 aliphatic heterocycles. The molecule has 0 aromatic heterocycles. The van der Waals surface area contributed by atoms with Gasteiger partial charge >= 0.3 is 5.97 Å². The maximum atomic E-state index is 12.5. The molecule has 0 spiro atoms. The van der Waals surface area contributed by atoms with E-state index in [1.54, 1.807) is 13.8 Å². The first-order valence-electron chi connectivity index (χ1n) is 6.41. The number of nitro benzene ring substituents is 1. The van der Waals surface area contributed by atoms with E-state index in [2.05, 4.69) is 4.74 Å². The molecule has 114 valence electrons. The van der Waals surface area contributed by atoms with Crippen molar-refractivity contribution in [3.63, 3.8) is 0 Å². The van der Waals surface area contributed by atoms with E-state index in [0.717, 1.165) is 0 Å². The van der Waals surface area contributed by atoms with Gasteiger partial charge in [-0.2, -0.15) is 0 Å². The summed E-state index contributed by atoms with van der Waals surface area (Å²) in [4.78, 5) is 35.6. The van der Waals surface area contributed by atoms with Crippen LogP contribution in [0.5, 0.6) is 0 Å². The number of hydrogen-bond donors (Lipinski definition) is 0. The lowest BCUT2D eigenvalue weighted by molar-refractivity contribution is -0.385. The number of carbonyl (C=O) groups excluding carboxylic acids is 2. The second kappa shape index (κ2) is 6.83. The average molecular weight is 294 g/mol. The summed E-state index contributed by atoms with van der Waals surface area (Å²) in [6.45, 7) is 4.83. The maximum absolute atomic E-state index is 12.5. The minimum atomic E-state index is -0.542. The molecule has 7 heteroatoms. The van der Waals surface area contributed by atoms with Gasteiger partial charge < -0.3 is 9.64 Å². The van der Waals surface area contributed by atoms with Crippen molar-refractivity contribution >= 4 is 17.6 Å². The van der Waals surface area contributed by atoms with Gasteiger partial charge in [-0.05, 0) is 26.8 Å². The quantitative estimate of drug-likeness (QED) is 0.470. The van der Waals surface area contributed by atoms with Gasteiger partial charge in [-0.3, -0.25) is 19.7 Å². The molecule has 0 saturated heterocycles. The minimum Gasteiger partial charge on any atom is -0.468 e. The van der Waals surface area contributed by atoms with E-state index in [9.17, 15) is 19.7 Å². The molecule has 1 aromatic carbocycles.